The van der Waals surface area contributed by atoms with Crippen molar-refractivity contribution in [1.29, 1.82) is 0 Å². The van der Waals surface area contributed by atoms with Crippen LogP contribution < -0.4 is 10.1 Å². The van der Waals surface area contributed by atoms with Gasteiger partial charge < -0.3 is 10.1 Å². The number of nitrogens with zero attached hydrogens (tertiary/aromatic N) is 2. The molecule has 2 heterocycles. The summed E-state index contributed by atoms with van der Waals surface area (Å²) in [6.07, 6.45) is 2.96. The molecule has 82 valence electrons. The van der Waals surface area contributed by atoms with E-state index in [9.17, 15) is 0 Å². The van der Waals surface area contributed by atoms with Gasteiger partial charge in [0.25, 0.3) is 0 Å². The molecule has 1 saturated heterocycles. The molecular weight excluding hydrogens is 202 g/mol. The maximum atomic E-state index is 5.75. The summed E-state index contributed by atoms with van der Waals surface area (Å²) in [5.41, 5.74) is 1.78. The molecule has 0 aliphatic carbocycles. The van der Waals surface area contributed by atoms with Crippen LogP contribution in [0.3, 0.4) is 0 Å². The van der Waals surface area contributed by atoms with E-state index in [1.807, 2.05) is 24.3 Å². The highest BCUT2D eigenvalue weighted by Crippen LogP contribution is 2.15. The Hall–Kier alpha value is -1.68. The summed E-state index contributed by atoms with van der Waals surface area (Å²) in [5.74, 6) is 0.618. The lowest BCUT2D eigenvalue weighted by Gasteiger charge is -2.11. The van der Waals surface area contributed by atoms with Crippen LogP contribution >= 0.6 is 0 Å². The summed E-state index contributed by atoms with van der Waals surface area (Å²) in [7, 11) is 0. The molecule has 1 aromatic carbocycles. The summed E-state index contributed by atoms with van der Waals surface area (Å²) >= 11 is 0. The van der Waals surface area contributed by atoms with Crippen LogP contribution in [-0.4, -0.2) is 29.2 Å². The number of aromatic nitrogens is 2. The Kier molecular flexibility index (Phi) is 2.42. The first-order valence-electron chi connectivity index (χ1n) is 5.51. The molecule has 1 N–H and O–H groups in total. The Bertz CT molecular complexity index is 494. The quantitative estimate of drug-likeness (QED) is 0.822. The third-order valence-electron chi connectivity index (χ3n) is 2.73. The minimum absolute atomic E-state index is 0.232. The number of para-hydroxylation sites is 2. The highest BCUT2D eigenvalue weighted by Gasteiger charge is 2.16. The van der Waals surface area contributed by atoms with E-state index < -0.39 is 0 Å². The van der Waals surface area contributed by atoms with Crippen LogP contribution in [0.4, 0.5) is 0 Å². The molecule has 1 aromatic heterocycles. The minimum Gasteiger partial charge on any atom is -0.472 e. The Morgan fingerprint density at radius 3 is 2.94 bits per heavy atom. The Morgan fingerprint density at radius 2 is 2.12 bits per heavy atom. The van der Waals surface area contributed by atoms with E-state index in [1.165, 1.54) is 0 Å². The van der Waals surface area contributed by atoms with Gasteiger partial charge in [0.15, 0.2) is 0 Å². The van der Waals surface area contributed by atoms with Crippen molar-refractivity contribution < 1.29 is 4.74 Å². The third-order valence-corrected chi connectivity index (χ3v) is 2.73. The number of rotatable bonds is 2. The predicted octanol–water partition coefficient (Wildman–Crippen LogP) is 1.37. The largest absolute Gasteiger partial charge is 0.472 e. The van der Waals surface area contributed by atoms with Crippen molar-refractivity contribution in [2.45, 2.75) is 12.5 Å². The maximum absolute atomic E-state index is 5.75. The highest BCUT2D eigenvalue weighted by molar-refractivity contribution is 5.73. The van der Waals surface area contributed by atoms with Gasteiger partial charge >= 0.3 is 0 Å². The van der Waals surface area contributed by atoms with Crippen LogP contribution in [0.2, 0.25) is 0 Å². The lowest BCUT2D eigenvalue weighted by Crippen LogP contribution is -2.20. The lowest BCUT2D eigenvalue weighted by molar-refractivity contribution is 0.214. The maximum Gasteiger partial charge on any atom is 0.233 e. The average Bonchev–Trinajstić information content (AvgIpc) is 2.82. The number of hydrogen-bond acceptors (Lipinski definition) is 4. The van der Waals surface area contributed by atoms with Crippen molar-refractivity contribution in [3.8, 4) is 5.88 Å². The van der Waals surface area contributed by atoms with E-state index in [2.05, 4.69) is 15.3 Å². The van der Waals surface area contributed by atoms with E-state index in [-0.39, 0.29) is 6.10 Å². The van der Waals surface area contributed by atoms with Crippen molar-refractivity contribution in [3.63, 3.8) is 0 Å². The second-order valence-corrected chi connectivity index (χ2v) is 3.93. The Morgan fingerprint density at radius 1 is 1.25 bits per heavy atom. The molecule has 0 radical (unpaired) electrons. The number of fused-ring (bicyclic) bond motifs is 1. The summed E-state index contributed by atoms with van der Waals surface area (Å²) in [4.78, 5) is 8.74. The van der Waals surface area contributed by atoms with E-state index in [0.29, 0.717) is 5.88 Å². The van der Waals surface area contributed by atoms with Gasteiger partial charge in [-0.25, -0.2) is 9.97 Å². The van der Waals surface area contributed by atoms with Gasteiger partial charge in [0.1, 0.15) is 6.10 Å². The fourth-order valence-corrected chi connectivity index (χ4v) is 1.90. The van der Waals surface area contributed by atoms with Gasteiger partial charge in [-0.3, -0.25) is 0 Å². The molecule has 1 aliphatic heterocycles. The molecule has 2 aromatic rings. The van der Waals surface area contributed by atoms with E-state index in [1.54, 1.807) is 6.20 Å². The Balaban J connectivity index is 1.86. The van der Waals surface area contributed by atoms with Gasteiger partial charge in [0.05, 0.1) is 17.2 Å². The topological polar surface area (TPSA) is 47.0 Å². The fourth-order valence-electron chi connectivity index (χ4n) is 1.90. The molecule has 0 unspecified atom stereocenters. The van der Waals surface area contributed by atoms with Gasteiger partial charge in [0, 0.05) is 6.54 Å². The first-order valence-corrected chi connectivity index (χ1v) is 5.51. The van der Waals surface area contributed by atoms with E-state index in [4.69, 9.17) is 4.74 Å². The molecule has 16 heavy (non-hydrogen) atoms. The molecule has 0 bridgehead atoms. The van der Waals surface area contributed by atoms with Crippen LogP contribution in [0, 0.1) is 0 Å². The van der Waals surface area contributed by atoms with Gasteiger partial charge in [0.2, 0.25) is 5.88 Å². The zero-order valence-electron chi connectivity index (χ0n) is 8.89. The highest BCUT2D eigenvalue weighted by atomic mass is 16.5. The van der Waals surface area contributed by atoms with Gasteiger partial charge in [-0.1, -0.05) is 12.1 Å². The van der Waals surface area contributed by atoms with E-state index >= 15 is 0 Å². The molecule has 0 amide bonds. The molecule has 1 aliphatic rings. The zero-order chi connectivity index (χ0) is 10.8. The molecule has 3 rings (SSSR count). The third kappa shape index (κ3) is 1.84. The smallest absolute Gasteiger partial charge is 0.233 e. The van der Waals surface area contributed by atoms with Crippen LogP contribution in [0.15, 0.2) is 30.5 Å². The van der Waals surface area contributed by atoms with Crippen molar-refractivity contribution in [2.24, 2.45) is 0 Å². The van der Waals surface area contributed by atoms with Crippen LogP contribution in [-0.2, 0) is 0 Å². The second kappa shape index (κ2) is 4.06. The summed E-state index contributed by atoms with van der Waals surface area (Å²) in [6, 6.07) is 7.81. The van der Waals surface area contributed by atoms with Gasteiger partial charge in [-0.15, -0.1) is 0 Å². The average molecular weight is 215 g/mol. The molecule has 4 nitrogen and oxygen atoms in total. The molecule has 0 spiro atoms. The van der Waals surface area contributed by atoms with Crippen LogP contribution in [0.1, 0.15) is 6.42 Å². The van der Waals surface area contributed by atoms with Crippen molar-refractivity contribution in [3.05, 3.63) is 30.5 Å². The van der Waals surface area contributed by atoms with Crippen LogP contribution in [0.25, 0.3) is 11.0 Å². The standard InChI is InChI=1S/C12H13N3O/c1-2-4-11-10(3-1)14-8-12(15-11)16-9-5-6-13-7-9/h1-4,8-9,13H,5-7H2/t9-/m1/s1. The van der Waals surface area contributed by atoms with Gasteiger partial charge in [-0.2, -0.15) is 0 Å². The SMILES string of the molecule is c1ccc2nc(O[C@@H]3CCNC3)cnc2c1. The second-order valence-electron chi connectivity index (χ2n) is 3.93. The minimum atomic E-state index is 0.232. The fraction of sp³-hybridized carbons (Fsp3) is 0.333. The summed E-state index contributed by atoms with van der Waals surface area (Å²) < 4.78 is 5.75. The molecule has 4 heteroatoms. The first kappa shape index (κ1) is 9.54. The number of nitrogens with one attached hydrogen (secondary N) is 1. The first-order chi connectivity index (χ1) is 7.92. The summed E-state index contributed by atoms with van der Waals surface area (Å²) in [6.45, 7) is 1.92. The molecular formula is C12H13N3O. The zero-order valence-corrected chi connectivity index (χ0v) is 8.89. The van der Waals surface area contributed by atoms with Crippen molar-refractivity contribution in [2.75, 3.05) is 13.1 Å². The normalized spacial score (nSPS) is 20.1. The number of benzene rings is 1. The molecule has 0 saturated carbocycles. The lowest BCUT2D eigenvalue weighted by atomic mass is 10.3. The van der Waals surface area contributed by atoms with Gasteiger partial charge in [-0.05, 0) is 25.1 Å². The summed E-state index contributed by atoms with van der Waals surface area (Å²) in [5, 5.41) is 3.26. The predicted molar refractivity (Wildman–Crippen MR) is 61.4 cm³/mol. The van der Waals surface area contributed by atoms with Crippen molar-refractivity contribution in [1.82, 2.24) is 15.3 Å². The van der Waals surface area contributed by atoms with Crippen LogP contribution in [0.5, 0.6) is 5.88 Å². The molecule has 1 fully saturated rings. The van der Waals surface area contributed by atoms with Crippen molar-refractivity contribution >= 4 is 11.0 Å². The Labute approximate surface area is 93.7 Å². The number of ether oxygens (including phenoxy) is 1. The monoisotopic (exact) mass is 215 g/mol. The van der Waals surface area contributed by atoms with E-state index in [0.717, 1.165) is 30.5 Å². The molecule has 1 atom stereocenters. The number of hydrogen-bond donors (Lipinski definition) is 1.